The van der Waals surface area contributed by atoms with Crippen LogP contribution in [0.15, 0.2) is 89.8 Å². The Morgan fingerprint density at radius 2 is 1.61 bits per heavy atom. The van der Waals surface area contributed by atoms with Gasteiger partial charge in [-0.1, -0.05) is 77.8 Å². The van der Waals surface area contributed by atoms with Gasteiger partial charge in [-0.15, -0.1) is 0 Å². The van der Waals surface area contributed by atoms with Crippen molar-refractivity contribution in [1.82, 2.24) is 14.9 Å². The number of rotatable bonds is 8. The van der Waals surface area contributed by atoms with Gasteiger partial charge in [0.05, 0.1) is 18.6 Å². The molecule has 1 atom stereocenters. The number of aryl methyl sites for hydroxylation is 1. The Morgan fingerprint density at radius 3 is 2.24 bits per heavy atom. The summed E-state index contributed by atoms with van der Waals surface area (Å²) in [5.41, 5.74) is 6.17. The normalized spacial score (nSPS) is 11.8. The second-order valence-electron chi connectivity index (χ2n) is 8.24. The number of nitrogens with zero attached hydrogens (tertiary/aromatic N) is 2. The highest BCUT2D eigenvalue weighted by Crippen LogP contribution is 2.23. The van der Waals surface area contributed by atoms with E-state index in [-0.39, 0.29) is 11.9 Å². The van der Waals surface area contributed by atoms with E-state index in [0.29, 0.717) is 5.69 Å². The first-order valence-electron chi connectivity index (χ1n) is 11.3. The molecule has 4 rings (SSSR count). The van der Waals surface area contributed by atoms with Crippen molar-refractivity contribution in [2.24, 2.45) is 0 Å². The number of aromatic nitrogens is 2. The number of imidazole rings is 1. The van der Waals surface area contributed by atoms with Crippen molar-refractivity contribution in [2.75, 3.05) is 0 Å². The van der Waals surface area contributed by atoms with Crippen LogP contribution in [0.25, 0.3) is 16.8 Å². The lowest BCUT2D eigenvalue weighted by Crippen LogP contribution is -2.28. The van der Waals surface area contributed by atoms with Crippen LogP contribution in [0.1, 0.15) is 54.3 Å². The van der Waals surface area contributed by atoms with E-state index in [1.54, 1.807) is 12.5 Å². The zero-order valence-corrected chi connectivity index (χ0v) is 20.5. The largest absolute Gasteiger partial charge is 0.344 e. The Bertz CT molecular complexity index is 1200. The van der Waals surface area contributed by atoms with E-state index in [9.17, 15) is 4.79 Å². The lowest BCUT2D eigenvalue weighted by Gasteiger charge is -2.15. The van der Waals surface area contributed by atoms with Crippen molar-refractivity contribution >= 4 is 21.8 Å². The highest BCUT2D eigenvalue weighted by atomic mass is 79.9. The van der Waals surface area contributed by atoms with Crippen LogP contribution in [0.4, 0.5) is 0 Å². The summed E-state index contributed by atoms with van der Waals surface area (Å²) in [6.45, 7) is 4.19. The standard InChI is InChI=1S/C28H28BrN3O/c1-3-4-5-21-6-8-23(9-7-21)24-12-16-26(17-13-24)32-19-30-18-27(32)28(33)31-20(2)22-10-14-25(29)15-11-22/h6-20H,3-5H2,1-2H3,(H,31,33)/t20-/m1/s1. The summed E-state index contributed by atoms with van der Waals surface area (Å²) in [6.07, 6.45) is 6.84. The Balaban J connectivity index is 1.47. The fourth-order valence-corrected chi connectivity index (χ4v) is 4.10. The molecule has 1 amide bonds. The fraction of sp³-hybridized carbons (Fsp3) is 0.214. The average Bonchev–Trinajstić information content (AvgIpc) is 3.34. The Hall–Kier alpha value is -3.18. The average molecular weight is 502 g/mol. The lowest BCUT2D eigenvalue weighted by atomic mass is 10.0. The van der Waals surface area contributed by atoms with Crippen molar-refractivity contribution in [3.05, 3.63) is 107 Å². The van der Waals surface area contributed by atoms with Gasteiger partial charge < -0.3 is 5.32 Å². The van der Waals surface area contributed by atoms with Crippen LogP contribution in [0.3, 0.4) is 0 Å². The van der Waals surface area contributed by atoms with Crippen molar-refractivity contribution < 1.29 is 4.79 Å². The summed E-state index contributed by atoms with van der Waals surface area (Å²) in [7, 11) is 0. The van der Waals surface area contributed by atoms with Crippen molar-refractivity contribution in [1.29, 1.82) is 0 Å². The SMILES string of the molecule is CCCCc1ccc(-c2ccc(-n3cncc3C(=O)N[C@H](C)c3ccc(Br)cc3)cc2)cc1. The molecule has 0 radical (unpaired) electrons. The summed E-state index contributed by atoms with van der Waals surface area (Å²) >= 11 is 3.45. The molecule has 33 heavy (non-hydrogen) atoms. The van der Waals surface area contributed by atoms with Crippen LogP contribution in [0.2, 0.25) is 0 Å². The summed E-state index contributed by atoms with van der Waals surface area (Å²) in [4.78, 5) is 17.2. The van der Waals surface area contributed by atoms with E-state index in [2.05, 4.69) is 69.6 Å². The van der Waals surface area contributed by atoms with Gasteiger partial charge in [0.25, 0.3) is 5.91 Å². The third-order valence-corrected chi connectivity index (χ3v) is 6.37. The fourth-order valence-electron chi connectivity index (χ4n) is 3.83. The van der Waals surface area contributed by atoms with Crippen molar-refractivity contribution in [2.45, 2.75) is 39.2 Å². The number of hydrogen-bond acceptors (Lipinski definition) is 2. The van der Waals surface area contributed by atoms with E-state index in [1.165, 1.54) is 24.0 Å². The van der Waals surface area contributed by atoms with E-state index in [1.807, 2.05) is 47.9 Å². The predicted molar refractivity (Wildman–Crippen MR) is 138 cm³/mol. The van der Waals surface area contributed by atoms with Gasteiger partial charge in [0, 0.05) is 10.2 Å². The minimum atomic E-state index is -0.158. The molecule has 0 unspecified atom stereocenters. The number of unbranched alkanes of at least 4 members (excludes halogenated alkanes) is 1. The molecule has 0 aliphatic carbocycles. The third-order valence-electron chi connectivity index (χ3n) is 5.84. The molecule has 3 aromatic carbocycles. The molecule has 1 aromatic heterocycles. The first-order chi connectivity index (χ1) is 16.0. The molecular formula is C28H28BrN3O. The molecule has 0 spiro atoms. The first kappa shape index (κ1) is 23.0. The van der Waals surface area contributed by atoms with Crippen LogP contribution in [-0.4, -0.2) is 15.5 Å². The van der Waals surface area contributed by atoms with Gasteiger partial charge in [-0.05, 0) is 66.3 Å². The zero-order valence-electron chi connectivity index (χ0n) is 19.0. The molecule has 1 N–H and O–H groups in total. The highest BCUT2D eigenvalue weighted by Gasteiger charge is 2.16. The maximum atomic E-state index is 13.0. The van der Waals surface area contributed by atoms with Gasteiger partial charge in [0.1, 0.15) is 5.69 Å². The smallest absolute Gasteiger partial charge is 0.270 e. The number of nitrogens with one attached hydrogen (secondary N) is 1. The predicted octanol–water partition coefficient (Wildman–Crippen LogP) is 7.14. The van der Waals surface area contributed by atoms with Crippen molar-refractivity contribution in [3.8, 4) is 16.8 Å². The van der Waals surface area contributed by atoms with E-state index >= 15 is 0 Å². The Morgan fingerprint density at radius 1 is 0.970 bits per heavy atom. The van der Waals surface area contributed by atoms with Crippen LogP contribution in [0, 0.1) is 0 Å². The second-order valence-corrected chi connectivity index (χ2v) is 9.16. The number of hydrogen-bond donors (Lipinski definition) is 1. The van der Waals surface area contributed by atoms with E-state index < -0.39 is 0 Å². The minimum Gasteiger partial charge on any atom is -0.344 e. The number of benzene rings is 3. The summed E-state index contributed by atoms with van der Waals surface area (Å²) < 4.78 is 2.83. The molecule has 4 nitrogen and oxygen atoms in total. The minimum absolute atomic E-state index is 0.114. The Kier molecular flexibility index (Phi) is 7.40. The van der Waals surface area contributed by atoms with Crippen LogP contribution >= 0.6 is 15.9 Å². The zero-order chi connectivity index (χ0) is 23.2. The van der Waals surface area contributed by atoms with Crippen LogP contribution in [-0.2, 0) is 6.42 Å². The van der Waals surface area contributed by atoms with Crippen LogP contribution in [0.5, 0.6) is 0 Å². The van der Waals surface area contributed by atoms with Gasteiger partial charge in [0.15, 0.2) is 0 Å². The first-order valence-corrected chi connectivity index (χ1v) is 12.1. The topological polar surface area (TPSA) is 46.9 Å². The summed E-state index contributed by atoms with van der Waals surface area (Å²) in [5, 5.41) is 3.07. The maximum absolute atomic E-state index is 13.0. The third kappa shape index (κ3) is 5.60. The molecule has 5 heteroatoms. The Labute approximate surface area is 203 Å². The highest BCUT2D eigenvalue weighted by molar-refractivity contribution is 9.10. The number of amides is 1. The molecule has 0 saturated heterocycles. The lowest BCUT2D eigenvalue weighted by molar-refractivity contribution is 0.0933. The van der Waals surface area contributed by atoms with Gasteiger partial charge in [0.2, 0.25) is 0 Å². The monoisotopic (exact) mass is 501 g/mol. The molecule has 0 bridgehead atoms. The molecule has 0 saturated carbocycles. The van der Waals surface area contributed by atoms with Crippen LogP contribution < -0.4 is 5.32 Å². The molecule has 168 valence electrons. The van der Waals surface area contributed by atoms with E-state index in [0.717, 1.165) is 27.7 Å². The van der Waals surface area contributed by atoms with E-state index in [4.69, 9.17) is 0 Å². The second kappa shape index (κ2) is 10.6. The maximum Gasteiger partial charge on any atom is 0.270 e. The quantitative estimate of drug-likeness (QED) is 0.279. The number of carbonyl (C=O) groups is 1. The number of halogens is 1. The number of carbonyl (C=O) groups excluding carboxylic acids is 1. The molecule has 0 aliphatic rings. The molecule has 1 heterocycles. The van der Waals surface area contributed by atoms with Gasteiger partial charge in [-0.25, -0.2) is 4.98 Å². The van der Waals surface area contributed by atoms with Gasteiger partial charge in [-0.3, -0.25) is 9.36 Å². The molecule has 0 aliphatic heterocycles. The van der Waals surface area contributed by atoms with Gasteiger partial charge in [-0.2, -0.15) is 0 Å². The summed E-state index contributed by atoms with van der Waals surface area (Å²) in [6, 6.07) is 24.8. The van der Waals surface area contributed by atoms with Crippen molar-refractivity contribution in [3.63, 3.8) is 0 Å². The summed E-state index contributed by atoms with van der Waals surface area (Å²) in [5.74, 6) is -0.158. The molecular weight excluding hydrogens is 474 g/mol. The molecule has 0 fully saturated rings. The van der Waals surface area contributed by atoms with Gasteiger partial charge >= 0.3 is 0 Å². The molecule has 4 aromatic rings.